The predicted octanol–water partition coefficient (Wildman–Crippen LogP) is 3.69. The van der Waals surface area contributed by atoms with Crippen molar-refractivity contribution >= 4 is 11.3 Å². The minimum atomic E-state index is 0.380. The highest BCUT2D eigenvalue weighted by Gasteiger charge is 2.32. The Bertz CT molecular complexity index is 505. The summed E-state index contributed by atoms with van der Waals surface area (Å²) < 4.78 is 0. The number of phenolic OH excluding ortho intramolecular Hbond substituents is 1. The summed E-state index contributed by atoms with van der Waals surface area (Å²) >= 11 is 1.81. The van der Waals surface area contributed by atoms with E-state index in [4.69, 9.17) is 0 Å². The van der Waals surface area contributed by atoms with E-state index in [2.05, 4.69) is 22.8 Å². The van der Waals surface area contributed by atoms with Crippen molar-refractivity contribution in [1.82, 2.24) is 5.32 Å². The van der Waals surface area contributed by atoms with Crippen molar-refractivity contribution in [3.8, 4) is 5.75 Å². The van der Waals surface area contributed by atoms with Crippen molar-refractivity contribution in [2.24, 2.45) is 5.92 Å². The van der Waals surface area contributed by atoms with E-state index in [1.54, 1.807) is 6.07 Å². The molecule has 1 atom stereocenters. The van der Waals surface area contributed by atoms with E-state index in [-0.39, 0.29) is 0 Å². The molecule has 1 fully saturated rings. The third-order valence-corrected chi connectivity index (χ3v) is 4.40. The molecular weight excluding hydrogens is 242 g/mol. The van der Waals surface area contributed by atoms with Gasteiger partial charge in [0.1, 0.15) is 5.75 Å². The molecule has 3 heteroatoms. The van der Waals surface area contributed by atoms with Gasteiger partial charge in [-0.25, -0.2) is 0 Å². The van der Waals surface area contributed by atoms with Gasteiger partial charge in [-0.1, -0.05) is 24.3 Å². The van der Waals surface area contributed by atoms with Crippen LogP contribution in [0.25, 0.3) is 0 Å². The third-order valence-electron chi connectivity index (χ3n) is 3.45. The van der Waals surface area contributed by atoms with E-state index in [0.717, 1.165) is 18.0 Å². The maximum Gasteiger partial charge on any atom is 0.120 e. The second-order valence-electron chi connectivity index (χ2n) is 4.84. The van der Waals surface area contributed by atoms with Crippen LogP contribution < -0.4 is 5.32 Å². The Morgan fingerprint density at radius 2 is 2.06 bits per heavy atom. The van der Waals surface area contributed by atoms with E-state index in [1.807, 2.05) is 29.5 Å². The lowest BCUT2D eigenvalue weighted by Crippen LogP contribution is -2.21. The zero-order valence-corrected chi connectivity index (χ0v) is 11.0. The molecule has 1 aliphatic rings. The molecular formula is C15H17NOS. The number of phenols is 1. The first-order valence-corrected chi connectivity index (χ1v) is 7.26. The molecule has 2 aromatic rings. The fourth-order valence-corrected chi connectivity index (χ4v) is 3.17. The summed E-state index contributed by atoms with van der Waals surface area (Å²) in [6, 6.07) is 12.3. The SMILES string of the molecule is Oc1ccccc1CNC(c1cccs1)C1CC1. The third kappa shape index (κ3) is 2.57. The molecule has 0 bridgehead atoms. The van der Waals surface area contributed by atoms with E-state index in [9.17, 15) is 5.11 Å². The first-order chi connectivity index (χ1) is 8.84. The number of nitrogens with one attached hydrogen (secondary N) is 1. The van der Waals surface area contributed by atoms with Gasteiger partial charge in [0.15, 0.2) is 0 Å². The minimum Gasteiger partial charge on any atom is -0.508 e. The van der Waals surface area contributed by atoms with Crippen LogP contribution >= 0.6 is 11.3 Å². The predicted molar refractivity (Wildman–Crippen MR) is 74.7 cm³/mol. The van der Waals surface area contributed by atoms with Crippen LogP contribution in [0.2, 0.25) is 0 Å². The zero-order chi connectivity index (χ0) is 12.4. The Morgan fingerprint density at radius 3 is 2.72 bits per heavy atom. The number of hydrogen-bond donors (Lipinski definition) is 2. The number of benzene rings is 1. The lowest BCUT2D eigenvalue weighted by atomic mass is 10.1. The number of aromatic hydroxyl groups is 1. The molecule has 0 amide bonds. The molecule has 0 saturated heterocycles. The standard InChI is InChI=1S/C15H17NOS/c17-13-5-2-1-4-12(13)10-16-15(11-7-8-11)14-6-3-9-18-14/h1-6,9,11,15-17H,7-8,10H2. The molecule has 1 aromatic carbocycles. The van der Waals surface area contributed by atoms with Gasteiger partial charge in [-0.05, 0) is 36.3 Å². The molecule has 0 spiro atoms. The fraction of sp³-hybridized carbons (Fsp3) is 0.333. The Kier molecular flexibility index (Phi) is 3.35. The molecule has 94 valence electrons. The van der Waals surface area contributed by atoms with E-state index in [1.165, 1.54) is 17.7 Å². The summed E-state index contributed by atoms with van der Waals surface area (Å²) in [5.41, 5.74) is 0.972. The summed E-state index contributed by atoms with van der Waals surface area (Å²) in [5, 5.41) is 15.5. The van der Waals surface area contributed by atoms with E-state index >= 15 is 0 Å². The molecule has 0 aliphatic heterocycles. The Morgan fingerprint density at radius 1 is 1.22 bits per heavy atom. The van der Waals surface area contributed by atoms with Crippen LogP contribution in [-0.2, 0) is 6.54 Å². The van der Waals surface area contributed by atoms with Crippen molar-refractivity contribution in [3.05, 3.63) is 52.2 Å². The molecule has 2 nitrogen and oxygen atoms in total. The quantitative estimate of drug-likeness (QED) is 0.858. The van der Waals surface area contributed by atoms with Crippen molar-refractivity contribution in [1.29, 1.82) is 0 Å². The molecule has 18 heavy (non-hydrogen) atoms. The van der Waals surface area contributed by atoms with Crippen LogP contribution in [0.1, 0.15) is 29.3 Å². The van der Waals surface area contributed by atoms with Crippen LogP contribution in [0.4, 0.5) is 0 Å². The molecule has 0 radical (unpaired) electrons. The van der Waals surface area contributed by atoms with Gasteiger partial charge in [0, 0.05) is 23.0 Å². The van der Waals surface area contributed by atoms with Crippen molar-refractivity contribution in [2.45, 2.75) is 25.4 Å². The lowest BCUT2D eigenvalue weighted by molar-refractivity contribution is 0.448. The highest BCUT2D eigenvalue weighted by molar-refractivity contribution is 7.10. The monoisotopic (exact) mass is 259 g/mol. The van der Waals surface area contributed by atoms with Gasteiger partial charge in [-0.2, -0.15) is 0 Å². The van der Waals surface area contributed by atoms with Gasteiger partial charge in [-0.15, -0.1) is 11.3 Å². The lowest BCUT2D eigenvalue weighted by Gasteiger charge is -2.17. The number of rotatable bonds is 5. The topological polar surface area (TPSA) is 32.3 Å². The van der Waals surface area contributed by atoms with E-state index in [0.29, 0.717) is 11.8 Å². The zero-order valence-electron chi connectivity index (χ0n) is 10.2. The summed E-state index contributed by atoms with van der Waals surface area (Å²) in [7, 11) is 0. The summed E-state index contributed by atoms with van der Waals surface area (Å²) in [4.78, 5) is 1.41. The van der Waals surface area contributed by atoms with Crippen LogP contribution in [0.15, 0.2) is 41.8 Å². The first-order valence-electron chi connectivity index (χ1n) is 6.38. The molecule has 1 aromatic heterocycles. The Labute approximate surface area is 111 Å². The highest BCUT2D eigenvalue weighted by Crippen LogP contribution is 2.42. The molecule has 2 N–H and O–H groups in total. The van der Waals surface area contributed by atoms with Crippen LogP contribution in [0.3, 0.4) is 0 Å². The Hall–Kier alpha value is -1.32. The highest BCUT2D eigenvalue weighted by atomic mass is 32.1. The van der Waals surface area contributed by atoms with Gasteiger partial charge in [0.2, 0.25) is 0 Å². The maximum atomic E-state index is 9.77. The molecule has 1 saturated carbocycles. The van der Waals surface area contributed by atoms with Crippen LogP contribution in [0.5, 0.6) is 5.75 Å². The minimum absolute atomic E-state index is 0.380. The van der Waals surface area contributed by atoms with Crippen LogP contribution in [0, 0.1) is 5.92 Å². The second-order valence-corrected chi connectivity index (χ2v) is 5.82. The van der Waals surface area contributed by atoms with Gasteiger partial charge in [0.25, 0.3) is 0 Å². The number of hydrogen-bond acceptors (Lipinski definition) is 3. The largest absolute Gasteiger partial charge is 0.508 e. The van der Waals surface area contributed by atoms with Gasteiger partial charge in [0.05, 0.1) is 0 Å². The molecule has 1 unspecified atom stereocenters. The molecule has 3 rings (SSSR count). The molecule has 1 heterocycles. The van der Waals surface area contributed by atoms with Gasteiger partial charge in [-0.3, -0.25) is 0 Å². The average molecular weight is 259 g/mol. The van der Waals surface area contributed by atoms with Gasteiger partial charge < -0.3 is 10.4 Å². The second kappa shape index (κ2) is 5.12. The van der Waals surface area contributed by atoms with Crippen LogP contribution in [-0.4, -0.2) is 5.11 Å². The van der Waals surface area contributed by atoms with Crippen molar-refractivity contribution in [3.63, 3.8) is 0 Å². The molecule has 1 aliphatic carbocycles. The van der Waals surface area contributed by atoms with Gasteiger partial charge >= 0.3 is 0 Å². The maximum absolute atomic E-state index is 9.77. The summed E-state index contributed by atoms with van der Waals surface area (Å²) in [5.74, 6) is 1.15. The average Bonchev–Trinajstić information content (AvgIpc) is 3.07. The number of thiophene rings is 1. The number of para-hydroxylation sites is 1. The summed E-state index contributed by atoms with van der Waals surface area (Å²) in [6.45, 7) is 0.728. The van der Waals surface area contributed by atoms with Crippen molar-refractivity contribution < 1.29 is 5.11 Å². The smallest absolute Gasteiger partial charge is 0.120 e. The summed E-state index contributed by atoms with van der Waals surface area (Å²) in [6.07, 6.45) is 2.63. The fourth-order valence-electron chi connectivity index (χ4n) is 2.28. The normalized spacial score (nSPS) is 16.7. The van der Waals surface area contributed by atoms with E-state index < -0.39 is 0 Å². The van der Waals surface area contributed by atoms with Crippen molar-refractivity contribution in [2.75, 3.05) is 0 Å². The Balaban J connectivity index is 1.69. The first kappa shape index (κ1) is 11.8.